The van der Waals surface area contributed by atoms with E-state index in [0.29, 0.717) is 5.69 Å². The van der Waals surface area contributed by atoms with Crippen LogP contribution in [0, 0.1) is 4.91 Å². The number of anilines is 1. The zero-order valence-electron chi connectivity index (χ0n) is 6.11. The molecular formula is C6H6KN2O2+. The molecule has 1 aromatic carbocycles. The van der Waals surface area contributed by atoms with E-state index in [-0.39, 0.29) is 57.1 Å². The first-order valence-electron chi connectivity index (χ1n) is 2.71. The van der Waals surface area contributed by atoms with E-state index in [4.69, 9.17) is 5.21 Å². The Balaban J connectivity index is 0.000001000. The molecule has 2 N–H and O–H groups in total. The Morgan fingerprint density at radius 1 is 1.36 bits per heavy atom. The molecule has 0 aliphatic heterocycles. The predicted molar refractivity (Wildman–Crippen MR) is 37.3 cm³/mol. The summed E-state index contributed by atoms with van der Waals surface area (Å²) in [7, 11) is 0. The molecule has 0 saturated heterocycles. The fraction of sp³-hybridized carbons (Fsp3) is 0. The SMILES string of the molecule is O=Nc1ccccc1NO.[K+]. The summed E-state index contributed by atoms with van der Waals surface area (Å²) in [6.07, 6.45) is 0. The van der Waals surface area contributed by atoms with Gasteiger partial charge in [-0.3, -0.25) is 10.7 Å². The topological polar surface area (TPSA) is 61.7 Å². The van der Waals surface area contributed by atoms with Crippen molar-refractivity contribution < 1.29 is 56.6 Å². The molecule has 0 aliphatic carbocycles. The van der Waals surface area contributed by atoms with Crippen molar-refractivity contribution >= 4 is 11.4 Å². The van der Waals surface area contributed by atoms with Crippen LogP contribution >= 0.6 is 0 Å². The molecule has 0 unspecified atom stereocenters. The number of hydrogen-bond donors (Lipinski definition) is 2. The summed E-state index contributed by atoms with van der Waals surface area (Å²) in [5.74, 6) is 0. The third-order valence-electron chi connectivity index (χ3n) is 1.12. The van der Waals surface area contributed by atoms with Crippen LogP contribution in [0.2, 0.25) is 0 Å². The third kappa shape index (κ3) is 2.98. The molecule has 0 fully saturated rings. The van der Waals surface area contributed by atoms with E-state index in [2.05, 4.69) is 5.18 Å². The van der Waals surface area contributed by atoms with Crippen molar-refractivity contribution in [2.45, 2.75) is 0 Å². The second-order valence-electron chi connectivity index (χ2n) is 1.72. The van der Waals surface area contributed by atoms with Crippen LogP contribution in [0.4, 0.5) is 11.4 Å². The number of para-hydroxylation sites is 1. The van der Waals surface area contributed by atoms with E-state index in [1.165, 1.54) is 6.07 Å². The van der Waals surface area contributed by atoms with Crippen LogP contribution in [-0.4, -0.2) is 5.21 Å². The van der Waals surface area contributed by atoms with E-state index in [9.17, 15) is 4.91 Å². The minimum atomic E-state index is 0. The van der Waals surface area contributed by atoms with Crippen LogP contribution < -0.4 is 56.9 Å². The van der Waals surface area contributed by atoms with E-state index in [1.54, 1.807) is 18.2 Å². The molecule has 5 heteroatoms. The number of nitrogens with one attached hydrogen (secondary N) is 1. The summed E-state index contributed by atoms with van der Waals surface area (Å²) in [6.45, 7) is 0. The van der Waals surface area contributed by atoms with Crippen LogP contribution in [0.5, 0.6) is 0 Å². The molecule has 0 bridgehead atoms. The van der Waals surface area contributed by atoms with Gasteiger partial charge in [0.1, 0.15) is 5.69 Å². The summed E-state index contributed by atoms with van der Waals surface area (Å²) >= 11 is 0. The second-order valence-corrected chi connectivity index (χ2v) is 1.72. The van der Waals surface area contributed by atoms with Crippen molar-refractivity contribution in [3.8, 4) is 0 Å². The summed E-state index contributed by atoms with van der Waals surface area (Å²) in [5, 5.41) is 11.1. The maximum absolute atomic E-state index is 9.99. The summed E-state index contributed by atoms with van der Waals surface area (Å²) in [5.41, 5.74) is 2.37. The summed E-state index contributed by atoms with van der Waals surface area (Å²) in [4.78, 5) is 9.99. The molecule has 4 nitrogen and oxygen atoms in total. The molecule has 0 saturated carbocycles. The largest absolute Gasteiger partial charge is 1.00 e. The molecule has 0 radical (unpaired) electrons. The van der Waals surface area contributed by atoms with Crippen molar-refractivity contribution in [3.05, 3.63) is 29.2 Å². The van der Waals surface area contributed by atoms with Crippen molar-refractivity contribution in [3.63, 3.8) is 0 Å². The van der Waals surface area contributed by atoms with Gasteiger partial charge in [-0.15, -0.1) is 4.91 Å². The van der Waals surface area contributed by atoms with E-state index >= 15 is 0 Å². The first-order valence-corrected chi connectivity index (χ1v) is 2.71. The average Bonchev–Trinajstić information content (AvgIpc) is 2.04. The second kappa shape index (κ2) is 5.81. The summed E-state index contributed by atoms with van der Waals surface area (Å²) < 4.78 is 0. The zero-order chi connectivity index (χ0) is 7.40. The predicted octanol–water partition coefficient (Wildman–Crippen LogP) is -1.11. The van der Waals surface area contributed by atoms with Gasteiger partial charge in [0.25, 0.3) is 0 Å². The molecule has 11 heavy (non-hydrogen) atoms. The Morgan fingerprint density at radius 2 is 2.00 bits per heavy atom. The quantitative estimate of drug-likeness (QED) is 0.342. The van der Waals surface area contributed by atoms with Crippen LogP contribution in [0.3, 0.4) is 0 Å². The van der Waals surface area contributed by atoms with Crippen molar-refractivity contribution in [1.82, 2.24) is 0 Å². The zero-order valence-corrected chi connectivity index (χ0v) is 9.24. The van der Waals surface area contributed by atoms with Crippen LogP contribution in [-0.2, 0) is 0 Å². The van der Waals surface area contributed by atoms with Gasteiger partial charge < -0.3 is 0 Å². The number of nitrogens with zero attached hydrogens (tertiary/aromatic N) is 1. The van der Waals surface area contributed by atoms with Crippen molar-refractivity contribution in [1.29, 1.82) is 0 Å². The van der Waals surface area contributed by atoms with Gasteiger partial charge in [0.15, 0.2) is 0 Å². The molecule has 0 heterocycles. The Kier molecular flexibility index (Phi) is 5.93. The Labute approximate surface area is 106 Å². The Morgan fingerprint density at radius 3 is 2.45 bits per heavy atom. The molecule has 0 aliphatic rings. The fourth-order valence-electron chi connectivity index (χ4n) is 0.648. The first-order chi connectivity index (χ1) is 4.88. The number of nitroso groups, excluding NO2 is 1. The smallest absolute Gasteiger partial charge is 0.291 e. The van der Waals surface area contributed by atoms with Crippen LogP contribution in [0.25, 0.3) is 0 Å². The molecular weight excluding hydrogens is 171 g/mol. The standard InChI is InChI=1S/C6H6N2O2.K/c9-7-5-3-1-2-4-6(5)8-10;/h1-4,7,9H;/q;+1. The molecule has 0 spiro atoms. The van der Waals surface area contributed by atoms with Gasteiger partial charge in [0.05, 0.1) is 5.69 Å². The molecule has 1 aromatic rings. The number of rotatable bonds is 2. The molecule has 0 atom stereocenters. The van der Waals surface area contributed by atoms with Gasteiger partial charge in [-0.2, -0.15) is 0 Å². The normalized spacial score (nSPS) is 8.09. The molecule has 1 rings (SSSR count). The average molecular weight is 177 g/mol. The third-order valence-corrected chi connectivity index (χ3v) is 1.12. The van der Waals surface area contributed by atoms with Crippen molar-refractivity contribution in [2.75, 3.05) is 5.48 Å². The van der Waals surface area contributed by atoms with E-state index < -0.39 is 0 Å². The van der Waals surface area contributed by atoms with Gasteiger partial charge in [-0.25, -0.2) is 0 Å². The minimum Gasteiger partial charge on any atom is -0.291 e. The minimum absolute atomic E-state index is 0. The van der Waals surface area contributed by atoms with Gasteiger partial charge in [0, 0.05) is 0 Å². The van der Waals surface area contributed by atoms with E-state index in [1.807, 2.05) is 5.48 Å². The van der Waals surface area contributed by atoms with Gasteiger partial charge in [-0.1, -0.05) is 12.1 Å². The molecule has 0 aromatic heterocycles. The maximum atomic E-state index is 9.99. The monoisotopic (exact) mass is 177 g/mol. The fourth-order valence-corrected chi connectivity index (χ4v) is 0.648. The Bertz CT molecular complexity index is 242. The van der Waals surface area contributed by atoms with Gasteiger partial charge in [-0.05, 0) is 17.3 Å². The Hall–Kier alpha value is 0.216. The van der Waals surface area contributed by atoms with Gasteiger partial charge >= 0.3 is 51.4 Å². The first kappa shape index (κ1) is 11.2. The summed E-state index contributed by atoms with van der Waals surface area (Å²) in [6, 6.07) is 6.41. The van der Waals surface area contributed by atoms with Crippen LogP contribution in [0.1, 0.15) is 0 Å². The van der Waals surface area contributed by atoms with E-state index in [0.717, 1.165) is 0 Å². The number of benzene rings is 1. The van der Waals surface area contributed by atoms with Gasteiger partial charge in [0.2, 0.25) is 0 Å². The number of hydrogen-bond acceptors (Lipinski definition) is 4. The molecule has 0 amide bonds. The van der Waals surface area contributed by atoms with Crippen LogP contribution in [0.15, 0.2) is 29.4 Å². The molecule has 52 valence electrons. The maximum Gasteiger partial charge on any atom is 1.00 e. The van der Waals surface area contributed by atoms with Crippen molar-refractivity contribution in [2.24, 2.45) is 5.18 Å².